The Morgan fingerprint density at radius 2 is 0.635 bits per heavy atom. The number of hydrogen-bond acceptors (Lipinski definition) is 6. The van der Waals surface area contributed by atoms with Crippen LogP contribution < -0.4 is 0 Å². The lowest BCUT2D eigenvalue weighted by molar-refractivity contribution is -0.167. The molecule has 0 aliphatic carbocycles. The molecule has 0 N–H and O–H groups in total. The SMILES string of the molecule is CC\C=C/C=C\C=C/CCCCCCCC(=O)OCC(COC(=O)CCCCCCC/C=C\CCCCCCCCC)OC(=O)CCCCCCC/C=C\CCCCCCCCC. The van der Waals surface area contributed by atoms with Crippen molar-refractivity contribution in [1.29, 1.82) is 0 Å². The second-order valence-corrected chi connectivity index (χ2v) is 17.8. The van der Waals surface area contributed by atoms with Gasteiger partial charge in [-0.25, -0.2) is 0 Å². The van der Waals surface area contributed by atoms with Crippen molar-refractivity contribution >= 4 is 17.9 Å². The van der Waals surface area contributed by atoms with Crippen molar-refractivity contribution < 1.29 is 28.6 Å². The van der Waals surface area contributed by atoms with Crippen LogP contribution in [0.25, 0.3) is 0 Å². The van der Waals surface area contributed by atoms with Crippen LogP contribution in [0.2, 0.25) is 0 Å². The van der Waals surface area contributed by atoms with Crippen molar-refractivity contribution in [2.45, 2.75) is 271 Å². The van der Waals surface area contributed by atoms with Crippen LogP contribution in [0, 0.1) is 0 Å². The standard InChI is InChI=1S/C57H100O6/c1-4-7-10-13-16-19-22-25-27-29-32-35-38-41-44-47-50-56(59)62-53-54(52-61-55(58)49-46-43-40-37-34-31-24-21-18-15-12-9-6-3)63-57(60)51-48-45-42-39-36-33-30-28-26-23-20-17-14-11-8-5-2/h9,12,15,18,21,24,27-30,54H,4-8,10-11,13-14,16-17,19-20,22-23,25-26,31-53H2,1-3H3/b12-9-,18-15-,24-21-,29-27-,30-28-. The number of unbranched alkanes of at least 4 members (excludes halogenated alkanes) is 29. The highest BCUT2D eigenvalue weighted by Gasteiger charge is 2.19. The van der Waals surface area contributed by atoms with Gasteiger partial charge in [-0.05, 0) is 89.9 Å². The molecule has 0 bridgehead atoms. The van der Waals surface area contributed by atoms with Crippen molar-refractivity contribution in [2.24, 2.45) is 0 Å². The van der Waals surface area contributed by atoms with Crippen LogP contribution >= 0.6 is 0 Å². The third kappa shape index (κ3) is 50.0. The number of carbonyl (C=O) groups excluding carboxylic acids is 3. The Labute approximate surface area is 390 Å². The average Bonchev–Trinajstić information content (AvgIpc) is 3.28. The van der Waals surface area contributed by atoms with Crippen LogP contribution in [0.1, 0.15) is 265 Å². The zero-order valence-corrected chi connectivity index (χ0v) is 41.6. The van der Waals surface area contributed by atoms with E-state index >= 15 is 0 Å². The van der Waals surface area contributed by atoms with Gasteiger partial charge in [0, 0.05) is 19.3 Å². The highest BCUT2D eigenvalue weighted by Crippen LogP contribution is 2.14. The lowest BCUT2D eigenvalue weighted by atomic mass is 10.1. The van der Waals surface area contributed by atoms with Crippen LogP contribution in [-0.4, -0.2) is 37.2 Å². The number of carbonyl (C=O) groups is 3. The van der Waals surface area contributed by atoms with E-state index in [1.807, 2.05) is 0 Å². The molecule has 0 aromatic rings. The Bertz CT molecular complexity index is 1150. The molecule has 6 heteroatoms. The molecule has 0 fully saturated rings. The van der Waals surface area contributed by atoms with E-state index in [1.165, 1.54) is 122 Å². The van der Waals surface area contributed by atoms with Crippen LogP contribution in [0.15, 0.2) is 60.8 Å². The fraction of sp³-hybridized carbons (Fsp3) is 0.772. The Balaban J connectivity index is 4.41. The van der Waals surface area contributed by atoms with Crippen LogP contribution in [0.4, 0.5) is 0 Å². The largest absolute Gasteiger partial charge is 0.462 e. The third-order valence-electron chi connectivity index (χ3n) is 11.5. The normalized spacial score (nSPS) is 12.5. The monoisotopic (exact) mass is 881 g/mol. The molecule has 0 saturated heterocycles. The van der Waals surface area contributed by atoms with Gasteiger partial charge in [0.05, 0.1) is 0 Å². The van der Waals surface area contributed by atoms with Gasteiger partial charge in [0.1, 0.15) is 13.2 Å². The summed E-state index contributed by atoms with van der Waals surface area (Å²) in [4.78, 5) is 38.0. The van der Waals surface area contributed by atoms with Gasteiger partial charge in [-0.3, -0.25) is 14.4 Å². The van der Waals surface area contributed by atoms with Crippen molar-refractivity contribution in [3.63, 3.8) is 0 Å². The van der Waals surface area contributed by atoms with Gasteiger partial charge in [0.2, 0.25) is 0 Å². The van der Waals surface area contributed by atoms with E-state index in [0.717, 1.165) is 103 Å². The topological polar surface area (TPSA) is 78.9 Å². The summed E-state index contributed by atoms with van der Waals surface area (Å²) in [5.74, 6) is -0.919. The Kier molecular flexibility index (Phi) is 49.4. The molecular weight excluding hydrogens is 781 g/mol. The second-order valence-electron chi connectivity index (χ2n) is 17.8. The Morgan fingerprint density at radius 3 is 1.00 bits per heavy atom. The van der Waals surface area contributed by atoms with Gasteiger partial charge in [-0.2, -0.15) is 0 Å². The molecule has 0 amide bonds. The van der Waals surface area contributed by atoms with Gasteiger partial charge in [0.25, 0.3) is 0 Å². The maximum absolute atomic E-state index is 12.8. The Hall–Kier alpha value is -2.89. The second kappa shape index (κ2) is 51.7. The molecule has 0 rings (SSSR count). The summed E-state index contributed by atoms with van der Waals surface area (Å²) in [6, 6.07) is 0. The summed E-state index contributed by atoms with van der Waals surface area (Å²) >= 11 is 0. The minimum atomic E-state index is -0.789. The molecule has 1 atom stereocenters. The molecule has 0 aromatic heterocycles. The highest BCUT2D eigenvalue weighted by molar-refractivity contribution is 5.71. The minimum absolute atomic E-state index is 0.0881. The molecule has 0 aromatic carbocycles. The van der Waals surface area contributed by atoms with E-state index in [0.29, 0.717) is 19.3 Å². The first-order valence-corrected chi connectivity index (χ1v) is 26.8. The molecule has 1 unspecified atom stereocenters. The zero-order chi connectivity index (χ0) is 45.8. The van der Waals surface area contributed by atoms with Crippen LogP contribution in [0.5, 0.6) is 0 Å². The summed E-state index contributed by atoms with van der Waals surface area (Å²) < 4.78 is 16.8. The predicted octanol–water partition coefficient (Wildman–Crippen LogP) is 17.6. The molecule has 0 heterocycles. The fourth-order valence-corrected chi connectivity index (χ4v) is 7.49. The van der Waals surface area contributed by atoms with E-state index in [1.54, 1.807) is 0 Å². The van der Waals surface area contributed by atoms with Gasteiger partial charge in [-0.15, -0.1) is 0 Å². The summed E-state index contributed by atoms with van der Waals surface area (Å²) in [7, 11) is 0. The molecular formula is C57H100O6. The lowest BCUT2D eigenvalue weighted by Gasteiger charge is -2.18. The number of esters is 3. The van der Waals surface area contributed by atoms with Crippen LogP contribution in [0.3, 0.4) is 0 Å². The molecule has 0 aliphatic heterocycles. The smallest absolute Gasteiger partial charge is 0.306 e. The molecule has 0 spiro atoms. The van der Waals surface area contributed by atoms with E-state index in [2.05, 4.69) is 81.5 Å². The van der Waals surface area contributed by atoms with E-state index < -0.39 is 6.10 Å². The van der Waals surface area contributed by atoms with E-state index in [9.17, 15) is 14.4 Å². The first-order chi connectivity index (χ1) is 31.0. The third-order valence-corrected chi connectivity index (χ3v) is 11.5. The molecule has 364 valence electrons. The molecule has 0 saturated carbocycles. The lowest BCUT2D eigenvalue weighted by Crippen LogP contribution is -2.30. The average molecular weight is 881 g/mol. The maximum Gasteiger partial charge on any atom is 0.306 e. The number of hydrogen-bond donors (Lipinski definition) is 0. The molecule has 6 nitrogen and oxygen atoms in total. The summed E-state index contributed by atoms with van der Waals surface area (Å²) in [5, 5.41) is 0. The van der Waals surface area contributed by atoms with Gasteiger partial charge in [-0.1, -0.05) is 216 Å². The first kappa shape index (κ1) is 60.1. The molecule has 0 aliphatic rings. The predicted molar refractivity (Wildman–Crippen MR) is 270 cm³/mol. The van der Waals surface area contributed by atoms with Crippen molar-refractivity contribution in [2.75, 3.05) is 13.2 Å². The van der Waals surface area contributed by atoms with Crippen molar-refractivity contribution in [3.05, 3.63) is 60.8 Å². The maximum atomic E-state index is 12.8. The molecule has 63 heavy (non-hydrogen) atoms. The van der Waals surface area contributed by atoms with Crippen molar-refractivity contribution in [1.82, 2.24) is 0 Å². The minimum Gasteiger partial charge on any atom is -0.462 e. The highest BCUT2D eigenvalue weighted by atomic mass is 16.6. The van der Waals surface area contributed by atoms with Crippen LogP contribution in [-0.2, 0) is 28.6 Å². The summed E-state index contributed by atoms with van der Waals surface area (Å²) in [6.07, 6.45) is 63.5. The zero-order valence-electron chi connectivity index (χ0n) is 41.6. The number of ether oxygens (including phenoxy) is 3. The molecule has 0 radical (unpaired) electrons. The first-order valence-electron chi connectivity index (χ1n) is 26.8. The van der Waals surface area contributed by atoms with Gasteiger partial charge in [0.15, 0.2) is 6.10 Å². The Morgan fingerprint density at radius 1 is 0.333 bits per heavy atom. The van der Waals surface area contributed by atoms with Gasteiger partial charge < -0.3 is 14.2 Å². The summed E-state index contributed by atoms with van der Waals surface area (Å²) in [5.41, 5.74) is 0. The fourth-order valence-electron chi connectivity index (χ4n) is 7.49. The van der Waals surface area contributed by atoms with Gasteiger partial charge >= 0.3 is 17.9 Å². The summed E-state index contributed by atoms with van der Waals surface area (Å²) in [6.45, 7) is 6.48. The van der Waals surface area contributed by atoms with E-state index in [4.69, 9.17) is 14.2 Å². The number of rotatable bonds is 48. The quantitative estimate of drug-likeness (QED) is 0.0199. The van der Waals surface area contributed by atoms with Crippen molar-refractivity contribution in [3.8, 4) is 0 Å². The number of allylic oxidation sites excluding steroid dienone is 10. The van der Waals surface area contributed by atoms with E-state index in [-0.39, 0.29) is 31.1 Å².